The summed E-state index contributed by atoms with van der Waals surface area (Å²) in [6.07, 6.45) is -6.50. The zero-order valence-corrected chi connectivity index (χ0v) is 30.2. The first-order valence-electron chi connectivity index (χ1n) is 17.6. The fourth-order valence-corrected chi connectivity index (χ4v) is 8.03. The van der Waals surface area contributed by atoms with Gasteiger partial charge in [-0.25, -0.2) is 0 Å². The number of halogens is 6. The number of aliphatic hydroxyl groups is 1. The molecule has 2 amide bonds. The van der Waals surface area contributed by atoms with Crippen molar-refractivity contribution in [1.29, 1.82) is 0 Å². The van der Waals surface area contributed by atoms with Gasteiger partial charge < -0.3 is 29.5 Å². The number of unbranched alkanes of at least 4 members (excludes halogenated alkanes) is 1. The minimum atomic E-state index is -4.90. The van der Waals surface area contributed by atoms with Crippen molar-refractivity contribution in [1.82, 2.24) is 14.8 Å². The molecule has 4 heterocycles. The fraction of sp³-hybridized carbons (Fsp3) is 0.514. The van der Waals surface area contributed by atoms with Gasteiger partial charge in [0, 0.05) is 50.4 Å². The van der Waals surface area contributed by atoms with E-state index >= 15 is 0 Å². The molecule has 10 nitrogen and oxygen atoms in total. The number of hydrogen-bond acceptors (Lipinski definition) is 8. The van der Waals surface area contributed by atoms with Gasteiger partial charge in [-0.1, -0.05) is 42.9 Å². The highest BCUT2D eigenvalue weighted by Crippen LogP contribution is 2.45. The number of para-hydroxylation sites is 1. The summed E-state index contributed by atoms with van der Waals surface area (Å²) < 4.78 is 95.3. The van der Waals surface area contributed by atoms with E-state index in [9.17, 15) is 45.8 Å². The van der Waals surface area contributed by atoms with Gasteiger partial charge in [0.25, 0.3) is 11.8 Å². The van der Waals surface area contributed by atoms with Gasteiger partial charge in [0.1, 0.15) is 10.6 Å². The van der Waals surface area contributed by atoms with Gasteiger partial charge in [0.05, 0.1) is 29.4 Å². The molecule has 3 aromatic rings. The van der Waals surface area contributed by atoms with Crippen molar-refractivity contribution in [3.05, 3.63) is 76.4 Å². The number of nitrogens with zero attached hydrogens (tertiary/aromatic N) is 3. The lowest BCUT2D eigenvalue weighted by atomic mass is 9.78. The Kier molecular flexibility index (Phi) is 12.5. The Bertz CT molecular complexity index is 1790. The lowest BCUT2D eigenvalue weighted by Crippen LogP contribution is -2.68. The Morgan fingerprint density at radius 3 is 2.33 bits per heavy atom. The molecule has 0 spiro atoms. The van der Waals surface area contributed by atoms with E-state index < -0.39 is 63.4 Å². The predicted molar refractivity (Wildman–Crippen MR) is 184 cm³/mol. The van der Waals surface area contributed by atoms with Crippen LogP contribution in [0.2, 0.25) is 0 Å². The maximum absolute atomic E-state index is 14.9. The van der Waals surface area contributed by atoms with E-state index in [-0.39, 0.29) is 81.2 Å². The summed E-state index contributed by atoms with van der Waals surface area (Å²) in [5.74, 6) is -2.22. The van der Waals surface area contributed by atoms with Crippen molar-refractivity contribution in [2.75, 3.05) is 26.2 Å². The van der Waals surface area contributed by atoms with Crippen molar-refractivity contribution < 1.29 is 60.4 Å². The van der Waals surface area contributed by atoms with E-state index in [0.717, 1.165) is 29.4 Å². The Hall–Kier alpha value is -4.38. The molecule has 2 N–H and O–H groups in total. The van der Waals surface area contributed by atoms with Gasteiger partial charge in [-0.2, -0.15) is 26.3 Å². The van der Waals surface area contributed by atoms with Crippen molar-refractivity contribution >= 4 is 29.1 Å². The predicted octanol–water partition coefficient (Wildman–Crippen LogP) is 7.55. The molecule has 2 saturated heterocycles. The average molecular weight is 786 g/mol. The van der Waals surface area contributed by atoms with E-state index in [1.165, 1.54) is 4.90 Å². The summed E-state index contributed by atoms with van der Waals surface area (Å²) in [6, 6.07) is 8.22. The van der Waals surface area contributed by atoms with Gasteiger partial charge in [0.15, 0.2) is 5.06 Å². The first kappa shape index (κ1) is 40.8. The molecule has 294 valence electrons. The number of thiophene rings is 1. The highest BCUT2D eigenvalue weighted by molar-refractivity contribution is 7.13. The molecule has 2 fully saturated rings. The lowest BCUT2D eigenvalue weighted by molar-refractivity contribution is -0.163. The molecule has 2 aliphatic rings. The van der Waals surface area contributed by atoms with E-state index in [4.69, 9.17) is 14.6 Å². The van der Waals surface area contributed by atoms with Crippen LogP contribution in [0.25, 0.3) is 0 Å². The summed E-state index contributed by atoms with van der Waals surface area (Å²) in [7, 11) is 0. The van der Waals surface area contributed by atoms with Crippen LogP contribution < -0.4 is 9.47 Å². The third-order valence-corrected chi connectivity index (χ3v) is 10.9. The summed E-state index contributed by atoms with van der Waals surface area (Å²) in [4.78, 5) is 45.1. The Labute approximate surface area is 311 Å². The molecular weight excluding hydrogens is 744 g/mol. The van der Waals surface area contributed by atoms with Crippen LogP contribution in [-0.4, -0.2) is 80.7 Å². The second-order valence-corrected chi connectivity index (χ2v) is 14.5. The number of carboxylic acids is 1. The number of carbonyl (C=O) groups is 3. The van der Waals surface area contributed by atoms with Crippen LogP contribution in [0.15, 0.2) is 54.9 Å². The molecule has 2 atom stereocenters. The fourth-order valence-electron chi connectivity index (χ4n) is 7.23. The van der Waals surface area contributed by atoms with Crippen LogP contribution in [0.4, 0.5) is 26.3 Å². The number of aliphatic carboxylic acids is 1. The molecule has 0 aliphatic carbocycles. The molecule has 17 heteroatoms. The first-order chi connectivity index (χ1) is 25.5. The van der Waals surface area contributed by atoms with Gasteiger partial charge in [-0.3, -0.25) is 19.4 Å². The summed E-state index contributed by atoms with van der Waals surface area (Å²) in [5.41, 5.74) is -4.91. The lowest BCUT2D eigenvalue weighted by Gasteiger charge is -2.51. The molecule has 2 aromatic heterocycles. The summed E-state index contributed by atoms with van der Waals surface area (Å²) in [6.45, 7) is 1.86. The molecule has 0 bridgehead atoms. The van der Waals surface area contributed by atoms with Crippen LogP contribution in [-0.2, 0) is 27.5 Å². The minimum absolute atomic E-state index is 0.0108. The maximum atomic E-state index is 14.9. The van der Waals surface area contributed by atoms with Gasteiger partial charge in [-0.15, -0.1) is 0 Å². The zero-order valence-electron chi connectivity index (χ0n) is 29.4. The van der Waals surface area contributed by atoms with Crippen LogP contribution in [0.3, 0.4) is 0 Å². The number of rotatable bonds is 13. The summed E-state index contributed by atoms with van der Waals surface area (Å²) in [5, 5.41) is 20.5. The maximum Gasteiger partial charge on any atom is 0.425 e. The van der Waals surface area contributed by atoms with E-state index in [1.54, 1.807) is 31.2 Å². The monoisotopic (exact) mass is 785 g/mol. The number of pyridine rings is 1. The van der Waals surface area contributed by atoms with Gasteiger partial charge in [-0.05, 0) is 62.8 Å². The number of benzene rings is 1. The number of hydrogen-bond donors (Lipinski definition) is 2. The van der Waals surface area contributed by atoms with E-state index in [2.05, 4.69) is 4.98 Å². The number of piperidine rings is 2. The van der Waals surface area contributed by atoms with Crippen molar-refractivity contribution in [3.8, 4) is 10.8 Å². The van der Waals surface area contributed by atoms with Crippen LogP contribution in [0.5, 0.6) is 10.8 Å². The van der Waals surface area contributed by atoms with Crippen LogP contribution in [0, 0.1) is 0 Å². The number of carbonyl (C=O) groups excluding carboxylic acids is 2. The molecule has 54 heavy (non-hydrogen) atoms. The Balaban J connectivity index is 1.46. The topological polar surface area (TPSA) is 130 Å². The second kappa shape index (κ2) is 16.6. The van der Waals surface area contributed by atoms with Crippen LogP contribution in [0.1, 0.15) is 91.1 Å². The minimum Gasteiger partial charge on any atom is -0.493 e. The van der Waals surface area contributed by atoms with Crippen molar-refractivity contribution in [2.24, 2.45) is 0 Å². The standard InChI is InChI=1S/C37H41F6N3O7S/c1-2-8-28-35(53-31-13-12-29(54-31)37(41,42)43,15-7-19-46(28)32(49)24-23-44-18-14-25(24)36(38,39)40)33(50)45-20-16-34(51,17-21-45)26-9-3-4-10-27(26)52-22-6-5-11-30(47)48/h3-4,9-10,12-14,18,23,28,51H,2,5-8,11,15-17,19-22H2,1H3,(H,47,48)/t28-,35+/m1/s1. The van der Waals surface area contributed by atoms with Crippen LogP contribution >= 0.6 is 11.3 Å². The normalized spacial score (nSPS) is 20.4. The molecule has 0 radical (unpaired) electrons. The quantitative estimate of drug-likeness (QED) is 0.134. The Morgan fingerprint density at radius 2 is 1.69 bits per heavy atom. The van der Waals surface area contributed by atoms with Gasteiger partial charge in [0.2, 0.25) is 5.60 Å². The average Bonchev–Trinajstić information content (AvgIpc) is 3.61. The third kappa shape index (κ3) is 8.94. The van der Waals surface area contributed by atoms with Crippen molar-refractivity contribution in [2.45, 2.75) is 94.3 Å². The largest absolute Gasteiger partial charge is 0.493 e. The van der Waals surface area contributed by atoms with E-state index in [1.807, 2.05) is 0 Å². The zero-order chi connectivity index (χ0) is 39.3. The Morgan fingerprint density at radius 1 is 0.963 bits per heavy atom. The smallest absolute Gasteiger partial charge is 0.425 e. The third-order valence-electron chi connectivity index (χ3n) is 9.86. The second-order valence-electron chi connectivity index (χ2n) is 13.5. The van der Waals surface area contributed by atoms with Gasteiger partial charge >= 0.3 is 18.3 Å². The number of likely N-dealkylation sites (tertiary alicyclic amines) is 2. The molecule has 2 aliphatic heterocycles. The first-order valence-corrected chi connectivity index (χ1v) is 18.5. The molecule has 5 rings (SSSR count). The highest BCUT2D eigenvalue weighted by Gasteiger charge is 2.56. The van der Waals surface area contributed by atoms with Crippen molar-refractivity contribution in [3.63, 3.8) is 0 Å². The SMILES string of the molecule is CCC[C@H]1N(C(=O)c2cnccc2C(F)(F)F)CCC[C@@]1(Oc1ccc(C(F)(F)F)s1)C(=O)N1CCC(O)(c2ccccc2OCCCCC(=O)O)CC1. The number of amides is 2. The number of carboxylic acid groups (broad SMARTS) is 1. The molecular formula is C37H41F6N3O7S. The number of alkyl halides is 6. The summed E-state index contributed by atoms with van der Waals surface area (Å²) >= 11 is 0.274. The molecule has 0 saturated carbocycles. The molecule has 1 aromatic carbocycles. The number of ether oxygens (including phenoxy) is 2. The highest BCUT2D eigenvalue weighted by atomic mass is 32.1. The van der Waals surface area contributed by atoms with E-state index in [0.29, 0.717) is 36.6 Å². The number of aromatic nitrogens is 1. The molecule has 0 unspecified atom stereocenters.